The third-order valence-corrected chi connectivity index (χ3v) is 1.97. The molecule has 1 rings (SSSR count). The van der Waals surface area contributed by atoms with Gasteiger partial charge in [0.1, 0.15) is 11.9 Å². The van der Waals surface area contributed by atoms with E-state index in [4.69, 9.17) is 10.8 Å². The van der Waals surface area contributed by atoms with E-state index in [0.717, 1.165) is 5.56 Å². The van der Waals surface area contributed by atoms with Crippen LogP contribution in [0.1, 0.15) is 12.0 Å². The molecule has 0 saturated heterocycles. The van der Waals surface area contributed by atoms with Crippen LogP contribution in [0.4, 0.5) is 4.39 Å². The van der Waals surface area contributed by atoms with Gasteiger partial charge in [-0.3, -0.25) is 4.79 Å². The van der Waals surface area contributed by atoms with E-state index in [0.29, 0.717) is 12.8 Å². The van der Waals surface area contributed by atoms with Crippen LogP contribution in [-0.2, 0) is 11.2 Å². The predicted molar refractivity (Wildman–Crippen MR) is 50.3 cm³/mol. The average molecular weight is 197 g/mol. The Bertz CT molecular complexity index is 310. The third-order valence-electron chi connectivity index (χ3n) is 1.97. The number of hydrogen-bond donors (Lipinski definition) is 2. The number of carboxylic acid groups (broad SMARTS) is 1. The maximum absolute atomic E-state index is 12.5. The topological polar surface area (TPSA) is 63.3 Å². The SMILES string of the molecule is N[C@H](CCc1ccc(F)cc1)C(=O)O. The van der Waals surface area contributed by atoms with Gasteiger partial charge in [-0.15, -0.1) is 0 Å². The van der Waals surface area contributed by atoms with Gasteiger partial charge in [-0.2, -0.15) is 0 Å². The number of hydrogen-bond acceptors (Lipinski definition) is 2. The van der Waals surface area contributed by atoms with E-state index in [2.05, 4.69) is 0 Å². The van der Waals surface area contributed by atoms with Crippen molar-refractivity contribution in [2.45, 2.75) is 18.9 Å². The van der Waals surface area contributed by atoms with Crippen LogP contribution in [0.2, 0.25) is 0 Å². The molecule has 1 aromatic carbocycles. The Morgan fingerprint density at radius 2 is 2.00 bits per heavy atom. The molecule has 0 aliphatic heterocycles. The molecule has 0 aliphatic carbocycles. The number of aryl methyl sites for hydroxylation is 1. The molecular weight excluding hydrogens is 185 g/mol. The van der Waals surface area contributed by atoms with E-state index >= 15 is 0 Å². The Morgan fingerprint density at radius 1 is 1.43 bits per heavy atom. The number of halogens is 1. The fourth-order valence-electron chi connectivity index (χ4n) is 1.10. The highest BCUT2D eigenvalue weighted by Crippen LogP contribution is 2.06. The molecule has 0 heterocycles. The van der Waals surface area contributed by atoms with Crippen LogP contribution < -0.4 is 5.73 Å². The van der Waals surface area contributed by atoms with Gasteiger partial charge >= 0.3 is 5.97 Å². The summed E-state index contributed by atoms with van der Waals surface area (Å²) in [4.78, 5) is 10.4. The van der Waals surface area contributed by atoms with E-state index in [1.54, 1.807) is 12.1 Å². The molecule has 0 radical (unpaired) electrons. The van der Waals surface area contributed by atoms with Crippen LogP contribution >= 0.6 is 0 Å². The largest absolute Gasteiger partial charge is 0.480 e. The second-order valence-electron chi connectivity index (χ2n) is 3.11. The number of carbonyl (C=O) groups is 1. The van der Waals surface area contributed by atoms with Crippen LogP contribution in [0.5, 0.6) is 0 Å². The van der Waals surface area contributed by atoms with Crippen LogP contribution in [0.3, 0.4) is 0 Å². The fraction of sp³-hybridized carbons (Fsp3) is 0.300. The molecule has 76 valence electrons. The lowest BCUT2D eigenvalue weighted by Crippen LogP contribution is -2.30. The van der Waals surface area contributed by atoms with Crippen molar-refractivity contribution in [3.8, 4) is 0 Å². The van der Waals surface area contributed by atoms with Crippen LogP contribution in [0.25, 0.3) is 0 Å². The van der Waals surface area contributed by atoms with E-state index in [9.17, 15) is 9.18 Å². The van der Waals surface area contributed by atoms with Gasteiger partial charge in [0.15, 0.2) is 0 Å². The summed E-state index contributed by atoms with van der Waals surface area (Å²) < 4.78 is 12.5. The molecule has 0 unspecified atom stereocenters. The molecule has 0 saturated carbocycles. The zero-order valence-corrected chi connectivity index (χ0v) is 7.61. The first-order chi connectivity index (χ1) is 6.59. The predicted octanol–water partition coefficient (Wildman–Crippen LogP) is 1.17. The second-order valence-corrected chi connectivity index (χ2v) is 3.11. The molecule has 1 aromatic rings. The van der Waals surface area contributed by atoms with Crippen molar-refractivity contribution < 1.29 is 14.3 Å². The Morgan fingerprint density at radius 3 is 2.50 bits per heavy atom. The summed E-state index contributed by atoms with van der Waals surface area (Å²) in [6, 6.07) is 5.11. The quantitative estimate of drug-likeness (QED) is 0.761. The first kappa shape index (κ1) is 10.7. The molecule has 1 atom stereocenters. The van der Waals surface area contributed by atoms with Crippen molar-refractivity contribution in [3.05, 3.63) is 35.6 Å². The minimum absolute atomic E-state index is 0.295. The highest BCUT2D eigenvalue weighted by Gasteiger charge is 2.10. The van der Waals surface area contributed by atoms with Gasteiger partial charge in [0.2, 0.25) is 0 Å². The molecule has 0 aromatic heterocycles. The van der Waals surface area contributed by atoms with Crippen molar-refractivity contribution in [2.24, 2.45) is 5.73 Å². The van der Waals surface area contributed by atoms with Crippen LogP contribution in [0.15, 0.2) is 24.3 Å². The average Bonchev–Trinajstić information content (AvgIpc) is 2.16. The Kier molecular flexibility index (Phi) is 3.59. The second kappa shape index (κ2) is 4.72. The zero-order chi connectivity index (χ0) is 10.6. The summed E-state index contributed by atoms with van der Waals surface area (Å²) in [5, 5.41) is 8.52. The summed E-state index contributed by atoms with van der Waals surface area (Å²) >= 11 is 0. The van der Waals surface area contributed by atoms with Gasteiger partial charge < -0.3 is 10.8 Å². The van der Waals surface area contributed by atoms with E-state index < -0.39 is 12.0 Å². The number of nitrogens with two attached hydrogens (primary N) is 1. The van der Waals surface area contributed by atoms with Crippen molar-refractivity contribution >= 4 is 5.97 Å². The summed E-state index contributed by atoms with van der Waals surface area (Å²) in [7, 11) is 0. The van der Waals surface area contributed by atoms with Gasteiger partial charge in [0, 0.05) is 0 Å². The summed E-state index contributed by atoms with van der Waals surface area (Å²) in [5.41, 5.74) is 6.21. The smallest absolute Gasteiger partial charge is 0.320 e. The summed E-state index contributed by atoms with van der Waals surface area (Å²) in [6.07, 6.45) is 0.911. The minimum Gasteiger partial charge on any atom is -0.480 e. The van der Waals surface area contributed by atoms with Crippen molar-refractivity contribution in [3.63, 3.8) is 0 Å². The molecule has 0 spiro atoms. The number of benzene rings is 1. The lowest BCUT2D eigenvalue weighted by atomic mass is 10.1. The number of carboxylic acids is 1. The summed E-state index contributed by atoms with van der Waals surface area (Å²) in [6.45, 7) is 0. The fourth-order valence-corrected chi connectivity index (χ4v) is 1.10. The molecule has 14 heavy (non-hydrogen) atoms. The third kappa shape index (κ3) is 3.14. The summed E-state index contributed by atoms with van der Waals surface area (Å²) in [5.74, 6) is -1.30. The highest BCUT2D eigenvalue weighted by molar-refractivity contribution is 5.73. The number of rotatable bonds is 4. The highest BCUT2D eigenvalue weighted by atomic mass is 19.1. The monoisotopic (exact) mass is 197 g/mol. The molecular formula is C10H12FNO2. The van der Waals surface area contributed by atoms with E-state index in [1.807, 2.05) is 0 Å². The van der Waals surface area contributed by atoms with E-state index in [1.165, 1.54) is 12.1 Å². The Balaban J connectivity index is 2.46. The Labute approximate surface area is 81.4 Å². The van der Waals surface area contributed by atoms with Gasteiger partial charge in [-0.05, 0) is 30.5 Å². The van der Waals surface area contributed by atoms with Crippen molar-refractivity contribution in [1.82, 2.24) is 0 Å². The van der Waals surface area contributed by atoms with Gasteiger partial charge in [0.05, 0.1) is 0 Å². The standard InChI is InChI=1S/C10H12FNO2/c11-8-4-1-7(2-5-8)3-6-9(12)10(13)14/h1-2,4-5,9H,3,6,12H2,(H,13,14)/t9-/m1/s1. The van der Waals surface area contributed by atoms with Crippen molar-refractivity contribution in [1.29, 1.82) is 0 Å². The maximum atomic E-state index is 12.5. The molecule has 3 nitrogen and oxygen atoms in total. The lowest BCUT2D eigenvalue weighted by molar-refractivity contribution is -0.138. The lowest BCUT2D eigenvalue weighted by Gasteiger charge is -2.05. The molecule has 0 bridgehead atoms. The molecule has 3 N–H and O–H groups in total. The first-order valence-electron chi connectivity index (χ1n) is 4.32. The first-order valence-corrected chi connectivity index (χ1v) is 4.32. The maximum Gasteiger partial charge on any atom is 0.320 e. The number of aliphatic carboxylic acids is 1. The van der Waals surface area contributed by atoms with Gasteiger partial charge in [-0.1, -0.05) is 12.1 Å². The normalized spacial score (nSPS) is 12.4. The zero-order valence-electron chi connectivity index (χ0n) is 7.61. The Hall–Kier alpha value is -1.42. The molecule has 0 amide bonds. The van der Waals surface area contributed by atoms with Crippen LogP contribution in [-0.4, -0.2) is 17.1 Å². The van der Waals surface area contributed by atoms with Crippen molar-refractivity contribution in [2.75, 3.05) is 0 Å². The van der Waals surface area contributed by atoms with E-state index in [-0.39, 0.29) is 5.82 Å². The molecule has 0 aliphatic rings. The van der Waals surface area contributed by atoms with Crippen LogP contribution in [0, 0.1) is 5.82 Å². The molecule has 0 fully saturated rings. The molecule has 4 heteroatoms. The van der Waals surface area contributed by atoms with Gasteiger partial charge in [0.25, 0.3) is 0 Å². The minimum atomic E-state index is -1.01. The van der Waals surface area contributed by atoms with Gasteiger partial charge in [-0.25, -0.2) is 4.39 Å².